The molecule has 1 saturated heterocycles. The summed E-state index contributed by atoms with van der Waals surface area (Å²) in [5.74, 6) is -0.00750. The highest BCUT2D eigenvalue weighted by molar-refractivity contribution is 9.10. The van der Waals surface area contributed by atoms with Gasteiger partial charge in [0.05, 0.1) is 12.1 Å². The summed E-state index contributed by atoms with van der Waals surface area (Å²) in [4.78, 5) is 17.3. The first-order valence-corrected chi connectivity index (χ1v) is 5.55. The molecule has 1 aliphatic heterocycles. The number of para-hydroxylation sites is 1. The number of amides is 1. The van der Waals surface area contributed by atoms with Crippen LogP contribution in [0.3, 0.4) is 0 Å². The second-order valence-electron chi connectivity index (χ2n) is 4.17. The van der Waals surface area contributed by atoms with Gasteiger partial charge in [-0.25, -0.2) is 0 Å². The van der Waals surface area contributed by atoms with E-state index in [1.54, 1.807) is 0 Å². The maximum atomic E-state index is 11.7. The minimum Gasteiger partial charge on any atom is -0.272 e. The van der Waals surface area contributed by atoms with Gasteiger partial charge in [-0.15, -0.1) is 0 Å². The smallest absolute Gasteiger partial charge is 0.253 e. The van der Waals surface area contributed by atoms with E-state index in [-0.39, 0.29) is 5.91 Å². The Labute approximate surface area is 97.1 Å². The van der Waals surface area contributed by atoms with Crippen LogP contribution in [0.1, 0.15) is 20.3 Å². The van der Waals surface area contributed by atoms with Gasteiger partial charge in [0.1, 0.15) is 5.60 Å². The zero-order valence-corrected chi connectivity index (χ0v) is 10.2. The van der Waals surface area contributed by atoms with Gasteiger partial charge in [0.2, 0.25) is 0 Å². The standard InChI is InChI=1S/C11H12BrNO2/c1-11(2)7-10(14)13(15-11)9-6-4-3-5-8(9)12/h3-6H,7H2,1-2H3. The molecule has 15 heavy (non-hydrogen) atoms. The van der Waals surface area contributed by atoms with Crippen LogP contribution in [0.5, 0.6) is 0 Å². The molecule has 1 aromatic carbocycles. The number of anilines is 1. The molecule has 0 aromatic heterocycles. The summed E-state index contributed by atoms with van der Waals surface area (Å²) in [7, 11) is 0. The summed E-state index contributed by atoms with van der Waals surface area (Å²) in [5.41, 5.74) is 0.347. The average molecular weight is 270 g/mol. The van der Waals surface area contributed by atoms with E-state index < -0.39 is 5.60 Å². The number of hydrogen-bond donors (Lipinski definition) is 0. The van der Waals surface area contributed by atoms with Gasteiger partial charge >= 0.3 is 0 Å². The molecule has 0 radical (unpaired) electrons. The second-order valence-corrected chi connectivity index (χ2v) is 5.02. The Morgan fingerprint density at radius 3 is 2.60 bits per heavy atom. The molecule has 1 amide bonds. The molecule has 0 atom stereocenters. The summed E-state index contributed by atoms with van der Waals surface area (Å²) in [5, 5.41) is 1.37. The number of hydroxylamine groups is 1. The van der Waals surface area contributed by atoms with Gasteiger partial charge in [0, 0.05) is 4.47 Å². The maximum Gasteiger partial charge on any atom is 0.253 e. The predicted molar refractivity (Wildman–Crippen MR) is 61.4 cm³/mol. The molecule has 0 saturated carbocycles. The van der Waals surface area contributed by atoms with Gasteiger partial charge in [-0.2, -0.15) is 5.06 Å². The third kappa shape index (κ3) is 2.06. The van der Waals surface area contributed by atoms with E-state index in [9.17, 15) is 4.79 Å². The van der Waals surface area contributed by atoms with E-state index in [1.165, 1.54) is 5.06 Å². The lowest BCUT2D eigenvalue weighted by Gasteiger charge is -2.20. The van der Waals surface area contributed by atoms with Gasteiger partial charge in [0.25, 0.3) is 5.91 Å². The number of hydrogen-bond acceptors (Lipinski definition) is 2. The van der Waals surface area contributed by atoms with Crippen LogP contribution in [0.2, 0.25) is 0 Å². The van der Waals surface area contributed by atoms with Crippen LogP contribution in [-0.4, -0.2) is 11.5 Å². The molecular formula is C11H12BrNO2. The van der Waals surface area contributed by atoms with Crippen LogP contribution in [0.4, 0.5) is 5.69 Å². The van der Waals surface area contributed by atoms with Crippen molar-refractivity contribution in [2.75, 3.05) is 5.06 Å². The van der Waals surface area contributed by atoms with Crippen molar-refractivity contribution in [3.05, 3.63) is 28.7 Å². The molecule has 2 rings (SSSR count). The highest BCUT2D eigenvalue weighted by atomic mass is 79.9. The molecule has 80 valence electrons. The Kier molecular flexibility index (Phi) is 2.56. The largest absolute Gasteiger partial charge is 0.272 e. The van der Waals surface area contributed by atoms with Crippen molar-refractivity contribution in [2.24, 2.45) is 0 Å². The second kappa shape index (κ2) is 3.61. The van der Waals surface area contributed by atoms with Gasteiger partial charge < -0.3 is 0 Å². The monoisotopic (exact) mass is 269 g/mol. The van der Waals surface area contributed by atoms with Crippen molar-refractivity contribution < 1.29 is 9.63 Å². The number of halogens is 1. The molecule has 4 heteroatoms. The molecule has 0 bridgehead atoms. The molecule has 3 nitrogen and oxygen atoms in total. The lowest BCUT2D eigenvalue weighted by atomic mass is 10.1. The summed E-state index contributed by atoms with van der Waals surface area (Å²) in [6.45, 7) is 3.81. The first kappa shape index (κ1) is 10.6. The fourth-order valence-corrected chi connectivity index (χ4v) is 2.01. The number of rotatable bonds is 1. The molecule has 1 aromatic rings. The lowest BCUT2D eigenvalue weighted by Crippen LogP contribution is -2.25. The van der Waals surface area contributed by atoms with Gasteiger partial charge in [-0.3, -0.25) is 9.63 Å². The first-order chi connectivity index (χ1) is 6.99. The van der Waals surface area contributed by atoms with Crippen molar-refractivity contribution in [3.63, 3.8) is 0 Å². The zero-order chi connectivity index (χ0) is 11.1. The van der Waals surface area contributed by atoms with Crippen molar-refractivity contribution >= 4 is 27.5 Å². The normalized spacial score (nSPS) is 19.7. The highest BCUT2D eigenvalue weighted by Gasteiger charge is 2.38. The molecule has 0 spiro atoms. The highest BCUT2D eigenvalue weighted by Crippen LogP contribution is 2.34. The van der Waals surface area contributed by atoms with E-state index in [0.29, 0.717) is 6.42 Å². The minimum absolute atomic E-state index is 0.00750. The number of carbonyl (C=O) groups is 1. The van der Waals surface area contributed by atoms with Crippen LogP contribution in [-0.2, 0) is 9.63 Å². The Bertz CT molecular complexity index is 403. The molecular weight excluding hydrogens is 258 g/mol. The fraction of sp³-hybridized carbons (Fsp3) is 0.364. The Morgan fingerprint density at radius 2 is 2.07 bits per heavy atom. The fourth-order valence-electron chi connectivity index (χ4n) is 1.57. The Balaban J connectivity index is 2.34. The van der Waals surface area contributed by atoms with Crippen LogP contribution < -0.4 is 5.06 Å². The van der Waals surface area contributed by atoms with Gasteiger partial charge in [0.15, 0.2) is 0 Å². The Hall–Kier alpha value is -0.870. The third-order valence-corrected chi connectivity index (χ3v) is 2.88. The van der Waals surface area contributed by atoms with Crippen molar-refractivity contribution in [2.45, 2.75) is 25.9 Å². The molecule has 0 unspecified atom stereocenters. The summed E-state index contributed by atoms with van der Waals surface area (Å²) < 4.78 is 0.857. The molecule has 1 fully saturated rings. The molecule has 0 aliphatic carbocycles. The number of carbonyl (C=O) groups excluding carboxylic acids is 1. The molecule has 1 heterocycles. The number of benzene rings is 1. The first-order valence-electron chi connectivity index (χ1n) is 4.76. The zero-order valence-electron chi connectivity index (χ0n) is 8.66. The predicted octanol–water partition coefficient (Wildman–Crippen LogP) is 2.90. The van der Waals surface area contributed by atoms with Crippen LogP contribution in [0, 0.1) is 0 Å². The van der Waals surface area contributed by atoms with Crippen molar-refractivity contribution in [1.29, 1.82) is 0 Å². The van der Waals surface area contributed by atoms with Gasteiger partial charge in [-0.1, -0.05) is 12.1 Å². The van der Waals surface area contributed by atoms with Crippen molar-refractivity contribution in [1.82, 2.24) is 0 Å². The van der Waals surface area contributed by atoms with E-state index in [1.807, 2.05) is 38.1 Å². The Morgan fingerprint density at radius 1 is 1.40 bits per heavy atom. The van der Waals surface area contributed by atoms with E-state index in [4.69, 9.17) is 4.84 Å². The van der Waals surface area contributed by atoms with Crippen LogP contribution in [0.25, 0.3) is 0 Å². The third-order valence-electron chi connectivity index (χ3n) is 2.21. The quantitative estimate of drug-likeness (QED) is 0.785. The average Bonchev–Trinajstić information content (AvgIpc) is 2.40. The summed E-state index contributed by atoms with van der Waals surface area (Å²) in [6, 6.07) is 7.52. The van der Waals surface area contributed by atoms with E-state index in [2.05, 4.69) is 15.9 Å². The van der Waals surface area contributed by atoms with E-state index >= 15 is 0 Å². The van der Waals surface area contributed by atoms with Gasteiger partial charge in [-0.05, 0) is 41.9 Å². The molecule has 1 aliphatic rings. The topological polar surface area (TPSA) is 29.5 Å². The SMILES string of the molecule is CC1(C)CC(=O)N(c2ccccc2Br)O1. The maximum absolute atomic E-state index is 11.7. The summed E-state index contributed by atoms with van der Waals surface area (Å²) in [6.07, 6.45) is 0.411. The van der Waals surface area contributed by atoms with Crippen molar-refractivity contribution in [3.8, 4) is 0 Å². The van der Waals surface area contributed by atoms with Crippen LogP contribution in [0.15, 0.2) is 28.7 Å². The summed E-state index contributed by atoms with van der Waals surface area (Å²) >= 11 is 3.40. The minimum atomic E-state index is -0.410. The number of nitrogens with zero attached hydrogens (tertiary/aromatic N) is 1. The lowest BCUT2D eigenvalue weighted by molar-refractivity contribution is -0.119. The van der Waals surface area contributed by atoms with Crippen LogP contribution >= 0.6 is 15.9 Å². The molecule has 0 N–H and O–H groups in total. The van der Waals surface area contributed by atoms with E-state index in [0.717, 1.165) is 10.2 Å².